The van der Waals surface area contributed by atoms with Crippen LogP contribution >= 0.6 is 0 Å². The van der Waals surface area contributed by atoms with Crippen molar-refractivity contribution in [2.75, 3.05) is 25.5 Å². The van der Waals surface area contributed by atoms with E-state index in [0.29, 0.717) is 11.8 Å². The van der Waals surface area contributed by atoms with E-state index in [4.69, 9.17) is 0 Å². The Hall–Kier alpha value is -1.88. The molecule has 0 unspecified atom stereocenters. The van der Waals surface area contributed by atoms with Gasteiger partial charge in [-0.25, -0.2) is 0 Å². The van der Waals surface area contributed by atoms with E-state index in [9.17, 15) is 9.59 Å². The van der Waals surface area contributed by atoms with Gasteiger partial charge < -0.3 is 10.6 Å². The van der Waals surface area contributed by atoms with Gasteiger partial charge >= 0.3 is 0 Å². The molecule has 1 aromatic carbocycles. The summed E-state index contributed by atoms with van der Waals surface area (Å²) < 4.78 is 0. The minimum absolute atomic E-state index is 0.00186. The van der Waals surface area contributed by atoms with E-state index < -0.39 is 0 Å². The standard InChI is InChI=1S/C21H33N3O2/c1-14-8-6-10-18(16(14)3)22-20(25)12-24(5)13-21(26)23-19-11-7-9-15(2)17(19)4/h6,8,10,15,17,19H,7,9,11-13H2,1-5H3,(H,22,25)(H,23,26)/t15-,17-,19-/m0/s1. The second kappa shape index (κ2) is 9.17. The number of hydrogen-bond donors (Lipinski definition) is 2. The van der Waals surface area contributed by atoms with Gasteiger partial charge in [0.2, 0.25) is 11.8 Å². The molecule has 2 N–H and O–H groups in total. The number of carbonyl (C=O) groups is 2. The summed E-state index contributed by atoms with van der Waals surface area (Å²) in [7, 11) is 1.80. The van der Waals surface area contributed by atoms with Crippen LogP contribution in [0.3, 0.4) is 0 Å². The molecule has 3 atom stereocenters. The minimum Gasteiger partial charge on any atom is -0.352 e. The van der Waals surface area contributed by atoms with E-state index in [-0.39, 0.29) is 30.9 Å². The third kappa shape index (κ3) is 5.56. The number of nitrogens with one attached hydrogen (secondary N) is 2. The van der Waals surface area contributed by atoms with E-state index >= 15 is 0 Å². The molecular formula is C21H33N3O2. The van der Waals surface area contributed by atoms with Gasteiger partial charge in [-0.1, -0.05) is 38.8 Å². The van der Waals surface area contributed by atoms with Gasteiger partial charge in [0.15, 0.2) is 0 Å². The highest BCUT2D eigenvalue weighted by molar-refractivity contribution is 5.93. The topological polar surface area (TPSA) is 61.4 Å². The Morgan fingerprint density at radius 3 is 2.54 bits per heavy atom. The predicted octanol–water partition coefficient (Wildman–Crippen LogP) is 3.11. The highest BCUT2D eigenvalue weighted by Gasteiger charge is 2.28. The molecule has 0 spiro atoms. The molecule has 1 fully saturated rings. The lowest BCUT2D eigenvalue weighted by Gasteiger charge is -2.34. The second-order valence-electron chi connectivity index (χ2n) is 7.91. The first-order valence-corrected chi connectivity index (χ1v) is 9.62. The maximum Gasteiger partial charge on any atom is 0.238 e. The number of benzene rings is 1. The van der Waals surface area contributed by atoms with Crippen molar-refractivity contribution in [3.05, 3.63) is 29.3 Å². The molecular weight excluding hydrogens is 326 g/mol. The molecule has 0 aliphatic heterocycles. The zero-order valence-electron chi connectivity index (χ0n) is 16.8. The molecule has 2 amide bonds. The summed E-state index contributed by atoms with van der Waals surface area (Å²) in [6, 6.07) is 6.11. The molecule has 0 heterocycles. The molecule has 2 rings (SSSR count). The van der Waals surface area contributed by atoms with Crippen LogP contribution in [0.5, 0.6) is 0 Å². The highest BCUT2D eigenvalue weighted by Crippen LogP contribution is 2.29. The first kappa shape index (κ1) is 20.4. The molecule has 0 aromatic heterocycles. The van der Waals surface area contributed by atoms with Gasteiger partial charge in [0, 0.05) is 11.7 Å². The number of amides is 2. The number of aryl methyl sites for hydroxylation is 1. The maximum atomic E-state index is 12.3. The van der Waals surface area contributed by atoms with Gasteiger partial charge in [0.1, 0.15) is 0 Å². The lowest BCUT2D eigenvalue weighted by molar-refractivity contribution is -0.124. The highest BCUT2D eigenvalue weighted by atomic mass is 16.2. The van der Waals surface area contributed by atoms with Crippen LogP contribution < -0.4 is 10.6 Å². The smallest absolute Gasteiger partial charge is 0.238 e. The molecule has 1 aliphatic carbocycles. The minimum atomic E-state index is -0.103. The number of anilines is 1. The number of nitrogens with zero attached hydrogens (tertiary/aromatic N) is 1. The zero-order valence-corrected chi connectivity index (χ0v) is 16.8. The number of rotatable bonds is 6. The first-order chi connectivity index (χ1) is 12.3. The fourth-order valence-electron chi connectivity index (χ4n) is 3.66. The van der Waals surface area contributed by atoms with Crippen molar-refractivity contribution in [2.24, 2.45) is 11.8 Å². The average molecular weight is 360 g/mol. The number of hydrogen-bond acceptors (Lipinski definition) is 3. The second-order valence-corrected chi connectivity index (χ2v) is 7.91. The largest absolute Gasteiger partial charge is 0.352 e. The summed E-state index contributed by atoms with van der Waals surface area (Å²) in [4.78, 5) is 26.4. The van der Waals surface area contributed by atoms with Gasteiger partial charge in [0.25, 0.3) is 0 Å². The van der Waals surface area contributed by atoms with Crippen LogP contribution in [-0.4, -0.2) is 42.9 Å². The van der Waals surface area contributed by atoms with Crippen molar-refractivity contribution in [1.82, 2.24) is 10.2 Å². The van der Waals surface area contributed by atoms with Crippen LogP contribution in [0.4, 0.5) is 5.69 Å². The van der Waals surface area contributed by atoms with Crippen molar-refractivity contribution in [2.45, 2.75) is 53.0 Å². The SMILES string of the molecule is Cc1cccc(NC(=O)CN(C)CC(=O)N[C@H]2CCC[C@H](C)[C@@H]2C)c1C. The summed E-state index contributed by atoms with van der Waals surface area (Å²) in [5.74, 6) is 1.05. The molecule has 5 heteroatoms. The molecule has 5 nitrogen and oxygen atoms in total. The van der Waals surface area contributed by atoms with Gasteiger partial charge in [-0.05, 0) is 56.3 Å². The van der Waals surface area contributed by atoms with Gasteiger partial charge in [-0.15, -0.1) is 0 Å². The van der Waals surface area contributed by atoms with Crippen LogP contribution in [0.25, 0.3) is 0 Å². The van der Waals surface area contributed by atoms with Crippen molar-refractivity contribution in [3.8, 4) is 0 Å². The molecule has 1 saturated carbocycles. The fraction of sp³-hybridized carbons (Fsp3) is 0.619. The molecule has 1 aliphatic rings. The van der Waals surface area contributed by atoms with Crippen molar-refractivity contribution in [3.63, 3.8) is 0 Å². The summed E-state index contributed by atoms with van der Waals surface area (Å²) >= 11 is 0. The molecule has 26 heavy (non-hydrogen) atoms. The summed E-state index contributed by atoms with van der Waals surface area (Å²) in [5.41, 5.74) is 3.05. The predicted molar refractivity (Wildman–Crippen MR) is 106 cm³/mol. The van der Waals surface area contributed by atoms with E-state index in [1.165, 1.54) is 12.8 Å². The van der Waals surface area contributed by atoms with Crippen LogP contribution in [-0.2, 0) is 9.59 Å². The average Bonchev–Trinajstić information content (AvgIpc) is 2.56. The lowest BCUT2D eigenvalue weighted by Crippen LogP contribution is -2.47. The summed E-state index contributed by atoms with van der Waals surface area (Å²) in [5, 5.41) is 6.09. The van der Waals surface area contributed by atoms with E-state index in [1.54, 1.807) is 11.9 Å². The van der Waals surface area contributed by atoms with E-state index in [1.807, 2.05) is 32.0 Å². The summed E-state index contributed by atoms with van der Waals surface area (Å²) in [6.45, 7) is 8.92. The van der Waals surface area contributed by atoms with Crippen LogP contribution in [0.15, 0.2) is 18.2 Å². The molecule has 0 radical (unpaired) electrons. The molecule has 0 saturated heterocycles. The monoisotopic (exact) mass is 359 g/mol. The van der Waals surface area contributed by atoms with Crippen LogP contribution in [0.2, 0.25) is 0 Å². The summed E-state index contributed by atoms with van der Waals surface area (Å²) in [6.07, 6.45) is 3.46. The quantitative estimate of drug-likeness (QED) is 0.820. The number of carbonyl (C=O) groups excluding carboxylic acids is 2. The zero-order chi connectivity index (χ0) is 19.3. The van der Waals surface area contributed by atoms with Crippen molar-refractivity contribution >= 4 is 17.5 Å². The Kier molecular flexibility index (Phi) is 7.21. The van der Waals surface area contributed by atoms with E-state index in [0.717, 1.165) is 23.2 Å². The van der Waals surface area contributed by atoms with E-state index in [2.05, 4.69) is 24.5 Å². The van der Waals surface area contributed by atoms with Gasteiger partial charge in [-0.3, -0.25) is 14.5 Å². The Bertz CT molecular complexity index is 644. The third-order valence-electron chi connectivity index (χ3n) is 5.76. The van der Waals surface area contributed by atoms with Crippen LogP contribution in [0, 0.1) is 25.7 Å². The maximum absolute atomic E-state index is 12.3. The Morgan fingerprint density at radius 2 is 1.81 bits per heavy atom. The number of likely N-dealkylation sites (N-methyl/N-ethyl adjacent to an activating group) is 1. The molecule has 144 valence electrons. The van der Waals surface area contributed by atoms with Crippen molar-refractivity contribution < 1.29 is 9.59 Å². The van der Waals surface area contributed by atoms with Gasteiger partial charge in [-0.2, -0.15) is 0 Å². The molecule has 1 aromatic rings. The molecule has 0 bridgehead atoms. The normalized spacial score (nSPS) is 22.9. The lowest BCUT2D eigenvalue weighted by atomic mass is 9.78. The van der Waals surface area contributed by atoms with Crippen LogP contribution in [0.1, 0.15) is 44.2 Å². The first-order valence-electron chi connectivity index (χ1n) is 9.62. The Morgan fingerprint density at radius 1 is 1.12 bits per heavy atom. The third-order valence-corrected chi connectivity index (χ3v) is 5.76. The Balaban J connectivity index is 1.80. The fourth-order valence-corrected chi connectivity index (χ4v) is 3.66. The Labute approximate surface area is 157 Å². The van der Waals surface area contributed by atoms with Crippen molar-refractivity contribution in [1.29, 1.82) is 0 Å². The van der Waals surface area contributed by atoms with Gasteiger partial charge in [0.05, 0.1) is 13.1 Å².